The molecular formula is C19H28F6O4. The van der Waals surface area contributed by atoms with Gasteiger partial charge in [0, 0.05) is 7.11 Å². The maximum Gasteiger partial charge on any atom is 0.426 e. The van der Waals surface area contributed by atoms with E-state index in [1.807, 2.05) is 6.92 Å². The molecule has 0 aromatic carbocycles. The van der Waals surface area contributed by atoms with Crippen LogP contribution in [0.1, 0.15) is 52.9 Å². The van der Waals surface area contributed by atoms with Crippen LogP contribution in [0.3, 0.4) is 0 Å². The number of esters is 1. The fourth-order valence-electron chi connectivity index (χ4n) is 4.32. The van der Waals surface area contributed by atoms with Crippen LogP contribution in [0, 0.1) is 23.2 Å². The normalized spacial score (nSPS) is 28.1. The second kappa shape index (κ2) is 8.24. The third-order valence-electron chi connectivity index (χ3n) is 6.52. The summed E-state index contributed by atoms with van der Waals surface area (Å²) in [4.78, 5) is 12.3. The van der Waals surface area contributed by atoms with Crippen molar-refractivity contribution in [2.24, 2.45) is 23.2 Å². The number of halogens is 6. The predicted octanol–water partition coefficient (Wildman–Crippen LogP) is 5.25. The molecule has 2 fully saturated rings. The van der Waals surface area contributed by atoms with Crippen LogP contribution in [0.4, 0.5) is 26.3 Å². The van der Waals surface area contributed by atoms with Gasteiger partial charge in [-0.25, -0.2) is 0 Å². The number of fused-ring (bicyclic) bond motifs is 2. The molecule has 170 valence electrons. The van der Waals surface area contributed by atoms with Crippen LogP contribution in [0.5, 0.6) is 0 Å². The van der Waals surface area contributed by atoms with E-state index < -0.39 is 54.6 Å². The first-order valence-electron chi connectivity index (χ1n) is 9.66. The minimum Gasteiger partial charge on any atom is -0.462 e. The summed E-state index contributed by atoms with van der Waals surface area (Å²) in [6.45, 7) is 4.19. The van der Waals surface area contributed by atoms with E-state index in [0.717, 1.165) is 7.11 Å². The van der Waals surface area contributed by atoms with Gasteiger partial charge in [0.2, 0.25) is 0 Å². The van der Waals surface area contributed by atoms with Crippen LogP contribution in [-0.4, -0.2) is 43.9 Å². The molecule has 0 saturated heterocycles. The summed E-state index contributed by atoms with van der Waals surface area (Å²) in [5, 5.41) is 0. The lowest BCUT2D eigenvalue weighted by Crippen LogP contribution is -2.60. The first-order chi connectivity index (χ1) is 13.2. The Morgan fingerprint density at radius 3 is 1.97 bits per heavy atom. The number of alkyl halides is 6. The zero-order valence-electron chi connectivity index (χ0n) is 17.0. The van der Waals surface area contributed by atoms with Crippen molar-refractivity contribution >= 4 is 5.97 Å². The van der Waals surface area contributed by atoms with Gasteiger partial charge in [0.25, 0.3) is 5.60 Å². The van der Waals surface area contributed by atoms with E-state index >= 15 is 0 Å². The van der Waals surface area contributed by atoms with Crippen molar-refractivity contribution in [2.45, 2.75) is 76.9 Å². The number of carbonyl (C=O) groups excluding carboxylic acids is 1. The molecule has 2 bridgehead atoms. The average molecular weight is 434 g/mol. The third-order valence-corrected chi connectivity index (χ3v) is 6.52. The number of hydrogen-bond acceptors (Lipinski definition) is 4. The Labute approximate surface area is 166 Å². The largest absolute Gasteiger partial charge is 0.462 e. The van der Waals surface area contributed by atoms with Gasteiger partial charge in [0.15, 0.2) is 0 Å². The molecular weight excluding hydrogens is 406 g/mol. The standard InChI is InChI=1S/C19H28F6O4/c1-5-16(2,3)15(26)29-14-8-11-6-12(14)7-13(11)9-17(18(20,21)22,19(23,24)25)28-10-27-4/h11-14H,5-10H2,1-4H3. The lowest BCUT2D eigenvalue weighted by atomic mass is 9.78. The lowest BCUT2D eigenvalue weighted by Gasteiger charge is -2.40. The van der Waals surface area contributed by atoms with Gasteiger partial charge in [-0.05, 0) is 63.7 Å². The van der Waals surface area contributed by atoms with Gasteiger partial charge >= 0.3 is 18.3 Å². The monoisotopic (exact) mass is 434 g/mol. The Balaban J connectivity index is 2.12. The molecule has 4 unspecified atom stereocenters. The molecule has 29 heavy (non-hydrogen) atoms. The molecule has 0 N–H and O–H groups in total. The Bertz CT molecular complexity index is 572. The van der Waals surface area contributed by atoms with Gasteiger partial charge < -0.3 is 14.2 Å². The number of hydrogen-bond donors (Lipinski definition) is 0. The number of methoxy groups -OCH3 is 1. The Hall–Kier alpha value is -1.03. The van der Waals surface area contributed by atoms with Gasteiger partial charge in [-0.1, -0.05) is 6.92 Å². The molecule has 10 heteroatoms. The van der Waals surface area contributed by atoms with Gasteiger partial charge in [-0.2, -0.15) is 26.3 Å². The molecule has 4 atom stereocenters. The van der Waals surface area contributed by atoms with Crippen LogP contribution < -0.4 is 0 Å². The van der Waals surface area contributed by atoms with Crippen molar-refractivity contribution in [2.75, 3.05) is 13.9 Å². The Kier molecular flexibility index (Phi) is 6.89. The zero-order chi connectivity index (χ0) is 22.3. The molecule has 0 heterocycles. The van der Waals surface area contributed by atoms with E-state index in [-0.39, 0.29) is 24.7 Å². The van der Waals surface area contributed by atoms with Crippen LogP contribution >= 0.6 is 0 Å². The minimum absolute atomic E-state index is 0.138. The quantitative estimate of drug-likeness (QED) is 0.297. The van der Waals surface area contributed by atoms with Gasteiger partial charge in [0.05, 0.1) is 5.41 Å². The molecule has 2 saturated carbocycles. The van der Waals surface area contributed by atoms with Crippen LogP contribution in [-0.2, 0) is 19.0 Å². The maximum atomic E-state index is 13.5. The van der Waals surface area contributed by atoms with E-state index in [9.17, 15) is 31.1 Å². The fourth-order valence-corrected chi connectivity index (χ4v) is 4.32. The highest BCUT2D eigenvalue weighted by atomic mass is 19.4. The van der Waals surface area contributed by atoms with E-state index in [2.05, 4.69) is 9.47 Å². The van der Waals surface area contributed by atoms with Crippen molar-refractivity contribution in [3.8, 4) is 0 Å². The Morgan fingerprint density at radius 1 is 0.966 bits per heavy atom. The van der Waals surface area contributed by atoms with Crippen molar-refractivity contribution < 1.29 is 45.3 Å². The highest BCUT2D eigenvalue weighted by Gasteiger charge is 2.73. The summed E-state index contributed by atoms with van der Waals surface area (Å²) in [6, 6.07) is 0. The summed E-state index contributed by atoms with van der Waals surface area (Å²) in [6.07, 6.45) is -11.5. The van der Waals surface area contributed by atoms with Crippen molar-refractivity contribution in [3.05, 3.63) is 0 Å². The van der Waals surface area contributed by atoms with E-state index in [0.29, 0.717) is 12.8 Å². The smallest absolute Gasteiger partial charge is 0.426 e. The summed E-state index contributed by atoms with van der Waals surface area (Å²) < 4.78 is 95.4. The van der Waals surface area contributed by atoms with Crippen LogP contribution in [0.15, 0.2) is 0 Å². The first kappa shape index (κ1) is 24.2. The summed E-state index contributed by atoms with van der Waals surface area (Å²) >= 11 is 0. The topological polar surface area (TPSA) is 44.8 Å². The molecule has 0 spiro atoms. The number of rotatable bonds is 8. The summed E-state index contributed by atoms with van der Waals surface area (Å²) in [5.74, 6) is -1.83. The van der Waals surface area contributed by atoms with Crippen molar-refractivity contribution in [3.63, 3.8) is 0 Å². The fraction of sp³-hybridized carbons (Fsp3) is 0.947. The molecule has 2 aliphatic rings. The second-order valence-electron chi connectivity index (χ2n) is 8.75. The van der Waals surface area contributed by atoms with Gasteiger partial charge in [-0.3, -0.25) is 4.79 Å². The van der Waals surface area contributed by atoms with Crippen LogP contribution in [0.25, 0.3) is 0 Å². The zero-order valence-corrected chi connectivity index (χ0v) is 17.0. The number of carbonyl (C=O) groups is 1. The molecule has 4 nitrogen and oxygen atoms in total. The molecule has 0 radical (unpaired) electrons. The highest BCUT2D eigenvalue weighted by molar-refractivity contribution is 5.76. The van der Waals surface area contributed by atoms with E-state index in [1.165, 1.54) is 0 Å². The molecule has 0 aromatic heterocycles. The van der Waals surface area contributed by atoms with E-state index in [4.69, 9.17) is 4.74 Å². The molecule has 0 amide bonds. The van der Waals surface area contributed by atoms with Gasteiger partial charge in [-0.15, -0.1) is 0 Å². The average Bonchev–Trinajstić information content (AvgIpc) is 3.16. The Morgan fingerprint density at radius 2 is 1.55 bits per heavy atom. The molecule has 0 aliphatic heterocycles. The molecule has 2 aliphatic carbocycles. The predicted molar refractivity (Wildman–Crippen MR) is 90.7 cm³/mol. The van der Waals surface area contributed by atoms with Gasteiger partial charge in [0.1, 0.15) is 12.9 Å². The van der Waals surface area contributed by atoms with Crippen LogP contribution in [0.2, 0.25) is 0 Å². The number of ether oxygens (including phenoxy) is 3. The van der Waals surface area contributed by atoms with Crippen molar-refractivity contribution in [1.82, 2.24) is 0 Å². The molecule has 0 aromatic rings. The minimum atomic E-state index is -5.64. The van der Waals surface area contributed by atoms with Crippen molar-refractivity contribution in [1.29, 1.82) is 0 Å². The lowest BCUT2D eigenvalue weighted by molar-refractivity contribution is -0.397. The SMILES string of the molecule is CCC(C)(C)C(=O)OC1CC2CC1CC2CC(OCOC)(C(F)(F)F)C(F)(F)F. The third kappa shape index (κ3) is 4.68. The molecule has 2 rings (SSSR count). The maximum absolute atomic E-state index is 13.5. The van der Waals surface area contributed by atoms with E-state index in [1.54, 1.807) is 13.8 Å². The summed E-state index contributed by atoms with van der Waals surface area (Å²) in [5.41, 5.74) is -4.96. The highest BCUT2D eigenvalue weighted by Crippen LogP contribution is 2.57. The second-order valence-corrected chi connectivity index (χ2v) is 8.75. The first-order valence-corrected chi connectivity index (χ1v) is 9.66. The summed E-state index contributed by atoms with van der Waals surface area (Å²) in [7, 11) is 0.964.